The van der Waals surface area contributed by atoms with Crippen molar-refractivity contribution in [1.29, 1.82) is 0 Å². The van der Waals surface area contributed by atoms with Crippen LogP contribution in [-0.4, -0.2) is 30.9 Å². The Morgan fingerprint density at radius 2 is 1.47 bits per heavy atom. The van der Waals surface area contributed by atoms with E-state index in [9.17, 15) is 18.4 Å². The molecular weight excluding hydrogens is 224 g/mol. The van der Waals surface area contributed by atoms with Crippen LogP contribution in [0.15, 0.2) is 23.1 Å². The summed E-state index contributed by atoms with van der Waals surface area (Å²) in [5, 5.41) is 17.2. The number of carboxylic acids is 2. The van der Waals surface area contributed by atoms with Gasteiger partial charge in [0.15, 0.2) is 0 Å². The highest BCUT2D eigenvalue weighted by Gasteiger charge is 2.11. The van der Waals surface area contributed by atoms with Crippen LogP contribution in [0.1, 0.15) is 20.7 Å². The van der Waals surface area contributed by atoms with Crippen LogP contribution >= 0.6 is 0 Å². The fourth-order valence-electron chi connectivity index (χ4n) is 0.942. The molecular formula is C8H5O6S-. The van der Waals surface area contributed by atoms with Gasteiger partial charge in [-0.25, -0.2) is 9.59 Å². The zero-order valence-electron chi connectivity index (χ0n) is 7.17. The monoisotopic (exact) mass is 229 g/mol. The maximum absolute atomic E-state index is 10.6. The Balaban J connectivity index is 3.39. The zero-order chi connectivity index (χ0) is 11.6. The van der Waals surface area contributed by atoms with Gasteiger partial charge in [-0.1, -0.05) is 0 Å². The third kappa shape index (κ3) is 2.61. The van der Waals surface area contributed by atoms with E-state index in [0.29, 0.717) is 0 Å². The maximum Gasteiger partial charge on any atom is 0.335 e. The van der Waals surface area contributed by atoms with E-state index in [1.54, 1.807) is 0 Å². The van der Waals surface area contributed by atoms with Crippen LogP contribution in [0, 0.1) is 0 Å². The van der Waals surface area contributed by atoms with Crippen LogP contribution in [0.3, 0.4) is 0 Å². The van der Waals surface area contributed by atoms with Crippen molar-refractivity contribution in [2.24, 2.45) is 0 Å². The molecule has 0 aliphatic heterocycles. The molecule has 7 heteroatoms. The lowest BCUT2D eigenvalue weighted by atomic mass is 10.1. The SMILES string of the molecule is O=C(O)c1cc(C(=O)O)cc(S(=O)[O-])c1. The van der Waals surface area contributed by atoms with E-state index in [1.807, 2.05) is 0 Å². The molecule has 0 saturated carbocycles. The van der Waals surface area contributed by atoms with Crippen molar-refractivity contribution in [2.45, 2.75) is 4.90 Å². The molecule has 1 aromatic rings. The number of aromatic carboxylic acids is 2. The summed E-state index contributed by atoms with van der Waals surface area (Å²) in [6.07, 6.45) is 0. The Hall–Kier alpha value is -1.73. The summed E-state index contributed by atoms with van der Waals surface area (Å²) in [6.45, 7) is 0. The molecule has 1 unspecified atom stereocenters. The molecule has 0 aromatic heterocycles. The molecule has 0 saturated heterocycles. The molecule has 0 radical (unpaired) electrons. The van der Waals surface area contributed by atoms with E-state index in [0.717, 1.165) is 18.2 Å². The third-order valence-electron chi connectivity index (χ3n) is 1.59. The lowest BCUT2D eigenvalue weighted by Gasteiger charge is -2.07. The lowest BCUT2D eigenvalue weighted by molar-refractivity contribution is 0.0696. The summed E-state index contributed by atoms with van der Waals surface area (Å²) in [5.41, 5.74) is -0.761. The topological polar surface area (TPSA) is 115 Å². The van der Waals surface area contributed by atoms with Gasteiger partial charge < -0.3 is 14.8 Å². The average molecular weight is 229 g/mol. The van der Waals surface area contributed by atoms with Crippen molar-refractivity contribution in [1.82, 2.24) is 0 Å². The maximum atomic E-state index is 10.6. The second kappa shape index (κ2) is 4.20. The van der Waals surface area contributed by atoms with Gasteiger partial charge in [0.2, 0.25) is 0 Å². The molecule has 1 aromatic carbocycles. The van der Waals surface area contributed by atoms with Gasteiger partial charge in [-0.05, 0) is 29.3 Å². The minimum atomic E-state index is -2.66. The van der Waals surface area contributed by atoms with E-state index in [2.05, 4.69) is 0 Å². The van der Waals surface area contributed by atoms with Crippen molar-refractivity contribution >= 4 is 23.0 Å². The average Bonchev–Trinajstić information content (AvgIpc) is 2.16. The fraction of sp³-hybridized carbons (Fsp3) is 0. The number of carbonyl (C=O) groups is 2. The Labute approximate surface area is 86.5 Å². The van der Waals surface area contributed by atoms with E-state index in [4.69, 9.17) is 10.2 Å². The van der Waals surface area contributed by atoms with Crippen LogP contribution < -0.4 is 0 Å². The number of hydrogen-bond acceptors (Lipinski definition) is 4. The van der Waals surface area contributed by atoms with E-state index < -0.39 is 23.0 Å². The third-order valence-corrected chi connectivity index (χ3v) is 2.21. The lowest BCUT2D eigenvalue weighted by Crippen LogP contribution is -2.04. The summed E-state index contributed by atoms with van der Waals surface area (Å²) in [6, 6.07) is 2.66. The van der Waals surface area contributed by atoms with Gasteiger partial charge in [0.1, 0.15) is 0 Å². The first kappa shape index (κ1) is 11.3. The predicted molar refractivity (Wildman–Crippen MR) is 47.5 cm³/mol. The molecule has 0 fully saturated rings. The highest BCUT2D eigenvalue weighted by molar-refractivity contribution is 7.79. The minimum absolute atomic E-state index is 0.368. The molecule has 0 aliphatic rings. The molecule has 0 amide bonds. The molecule has 0 heterocycles. The molecule has 6 nitrogen and oxygen atoms in total. The normalized spacial score (nSPS) is 12.1. The van der Waals surface area contributed by atoms with E-state index in [-0.39, 0.29) is 16.0 Å². The van der Waals surface area contributed by atoms with Gasteiger partial charge in [-0.15, -0.1) is 0 Å². The van der Waals surface area contributed by atoms with Crippen LogP contribution in [0.4, 0.5) is 0 Å². The molecule has 80 valence electrons. The van der Waals surface area contributed by atoms with Crippen molar-refractivity contribution in [3.63, 3.8) is 0 Å². The largest absolute Gasteiger partial charge is 0.768 e. The predicted octanol–water partition coefficient (Wildman–Crippen LogP) is 0.321. The number of rotatable bonds is 3. The Morgan fingerprint density at radius 1 is 1.07 bits per heavy atom. The van der Waals surface area contributed by atoms with Crippen molar-refractivity contribution in [2.75, 3.05) is 0 Å². The fourth-order valence-corrected chi connectivity index (χ4v) is 1.39. The first-order valence-corrected chi connectivity index (χ1v) is 4.70. The van der Waals surface area contributed by atoms with Gasteiger partial charge in [0.05, 0.1) is 11.1 Å². The van der Waals surface area contributed by atoms with Gasteiger partial charge >= 0.3 is 11.9 Å². The Kier molecular flexibility index (Phi) is 3.17. The highest BCUT2D eigenvalue weighted by Crippen LogP contribution is 2.13. The van der Waals surface area contributed by atoms with Gasteiger partial charge in [-0.2, -0.15) is 0 Å². The Bertz CT molecular complexity index is 373. The summed E-state index contributed by atoms with van der Waals surface area (Å²) in [7, 11) is 0. The highest BCUT2D eigenvalue weighted by atomic mass is 32.2. The molecule has 1 rings (SSSR count). The van der Waals surface area contributed by atoms with Crippen LogP contribution in [0.25, 0.3) is 0 Å². The molecule has 1 atom stereocenters. The smallest absolute Gasteiger partial charge is 0.335 e. The number of benzene rings is 1. The zero-order valence-corrected chi connectivity index (χ0v) is 7.98. The summed E-state index contributed by atoms with van der Waals surface area (Å²) in [4.78, 5) is 20.7. The van der Waals surface area contributed by atoms with Gasteiger partial charge in [0.25, 0.3) is 0 Å². The number of hydrogen-bond donors (Lipinski definition) is 2. The summed E-state index contributed by atoms with van der Waals surface area (Å²) in [5.74, 6) is -2.77. The summed E-state index contributed by atoms with van der Waals surface area (Å²) < 4.78 is 21.1. The standard InChI is InChI=1S/C8H6O6S/c9-7(10)4-1-5(8(11)12)3-6(2-4)15(13)14/h1-3H,(H,9,10)(H,11,12)(H,13,14)/p-1. The molecule has 15 heavy (non-hydrogen) atoms. The van der Waals surface area contributed by atoms with Crippen LogP contribution in [0.2, 0.25) is 0 Å². The Morgan fingerprint density at radius 3 is 1.73 bits per heavy atom. The van der Waals surface area contributed by atoms with Crippen molar-refractivity contribution < 1.29 is 28.6 Å². The second-order valence-electron chi connectivity index (χ2n) is 2.59. The quantitative estimate of drug-likeness (QED) is 0.721. The van der Waals surface area contributed by atoms with Crippen LogP contribution in [-0.2, 0) is 11.1 Å². The minimum Gasteiger partial charge on any atom is -0.768 e. The van der Waals surface area contributed by atoms with E-state index >= 15 is 0 Å². The molecule has 0 aliphatic carbocycles. The molecule has 0 bridgehead atoms. The van der Waals surface area contributed by atoms with Gasteiger partial charge in [0, 0.05) is 4.90 Å². The first-order chi connectivity index (χ1) is 6.91. The van der Waals surface area contributed by atoms with Crippen molar-refractivity contribution in [3.8, 4) is 0 Å². The van der Waals surface area contributed by atoms with Crippen molar-refractivity contribution in [3.05, 3.63) is 29.3 Å². The molecule has 0 spiro atoms. The second-order valence-corrected chi connectivity index (χ2v) is 3.53. The summed E-state index contributed by atoms with van der Waals surface area (Å²) >= 11 is -2.66. The number of carboxylic acid groups (broad SMARTS) is 2. The van der Waals surface area contributed by atoms with E-state index in [1.165, 1.54) is 0 Å². The van der Waals surface area contributed by atoms with Gasteiger partial charge in [-0.3, -0.25) is 4.21 Å². The molecule has 2 N–H and O–H groups in total. The first-order valence-electron chi connectivity index (χ1n) is 3.62. The van der Waals surface area contributed by atoms with Crippen LogP contribution in [0.5, 0.6) is 0 Å².